The molecule has 0 fully saturated rings. The molecule has 1 aliphatic rings. The number of hydrogen-bond acceptors (Lipinski definition) is 4. The van der Waals surface area contributed by atoms with E-state index in [-0.39, 0.29) is 23.5 Å². The maximum Gasteiger partial charge on any atom is 0.278 e. The topological polar surface area (TPSA) is 49.4 Å². The number of hydrogen-bond donors (Lipinski definition) is 1. The molecule has 4 nitrogen and oxygen atoms in total. The van der Waals surface area contributed by atoms with Crippen LogP contribution in [0, 0.1) is 17.5 Å². The molecular formula is C21H13F3N2O2S. The first-order valence-corrected chi connectivity index (χ1v) is 9.43. The molecule has 0 saturated heterocycles. The zero-order chi connectivity index (χ0) is 20.5. The molecule has 0 atom stereocenters. The van der Waals surface area contributed by atoms with Gasteiger partial charge in [0.2, 0.25) is 0 Å². The second-order valence-electron chi connectivity index (χ2n) is 6.30. The summed E-state index contributed by atoms with van der Waals surface area (Å²) in [5.74, 6) is -3.65. The van der Waals surface area contributed by atoms with E-state index < -0.39 is 29.3 Å². The second kappa shape index (κ2) is 7.56. The fourth-order valence-electron chi connectivity index (χ4n) is 2.98. The molecule has 0 spiro atoms. The largest absolute Gasteiger partial charge is 0.350 e. The molecule has 2 heterocycles. The maximum absolute atomic E-state index is 13.6. The first-order valence-electron chi connectivity index (χ1n) is 8.55. The summed E-state index contributed by atoms with van der Waals surface area (Å²) in [7, 11) is 0. The molecule has 0 aliphatic carbocycles. The third kappa shape index (κ3) is 3.66. The quantitative estimate of drug-likeness (QED) is 0.623. The number of benzene rings is 2. The Hall–Kier alpha value is -3.39. The van der Waals surface area contributed by atoms with E-state index in [4.69, 9.17) is 0 Å². The third-order valence-electron chi connectivity index (χ3n) is 4.38. The van der Waals surface area contributed by atoms with Crippen LogP contribution < -0.4 is 5.32 Å². The number of carbonyl (C=O) groups is 2. The second-order valence-corrected chi connectivity index (χ2v) is 7.25. The SMILES string of the molecule is O=C1C(Nc2ccc(F)c(F)c2)=C(c2cccs2)C(=O)N1Cc1ccc(F)cc1. The van der Waals surface area contributed by atoms with Crippen molar-refractivity contribution in [1.82, 2.24) is 4.90 Å². The van der Waals surface area contributed by atoms with Crippen molar-refractivity contribution in [2.75, 3.05) is 5.32 Å². The average molecular weight is 414 g/mol. The number of nitrogens with zero attached hydrogens (tertiary/aromatic N) is 1. The summed E-state index contributed by atoms with van der Waals surface area (Å²) >= 11 is 1.27. The van der Waals surface area contributed by atoms with Crippen molar-refractivity contribution in [2.24, 2.45) is 0 Å². The molecular weight excluding hydrogens is 401 g/mol. The monoisotopic (exact) mass is 414 g/mol. The van der Waals surface area contributed by atoms with Crippen LogP contribution in [-0.4, -0.2) is 16.7 Å². The van der Waals surface area contributed by atoms with E-state index in [0.29, 0.717) is 10.4 Å². The summed E-state index contributed by atoms with van der Waals surface area (Å²) in [5, 5.41) is 4.52. The Labute approximate surface area is 167 Å². The fraction of sp³-hybridized carbons (Fsp3) is 0.0476. The zero-order valence-corrected chi connectivity index (χ0v) is 15.6. The first kappa shape index (κ1) is 18.9. The number of halogens is 3. The van der Waals surface area contributed by atoms with Crippen molar-refractivity contribution in [3.8, 4) is 0 Å². The van der Waals surface area contributed by atoms with E-state index in [1.165, 1.54) is 41.7 Å². The average Bonchev–Trinajstić information content (AvgIpc) is 3.30. The van der Waals surface area contributed by atoms with Crippen molar-refractivity contribution < 1.29 is 22.8 Å². The van der Waals surface area contributed by atoms with Gasteiger partial charge in [0.25, 0.3) is 11.8 Å². The Morgan fingerprint density at radius 1 is 0.897 bits per heavy atom. The van der Waals surface area contributed by atoms with Gasteiger partial charge in [-0.1, -0.05) is 18.2 Å². The Kier molecular flexibility index (Phi) is 4.94. The Balaban J connectivity index is 1.70. The van der Waals surface area contributed by atoms with E-state index >= 15 is 0 Å². The van der Waals surface area contributed by atoms with Gasteiger partial charge in [-0.3, -0.25) is 14.5 Å². The Morgan fingerprint density at radius 2 is 1.66 bits per heavy atom. The number of anilines is 1. The van der Waals surface area contributed by atoms with Gasteiger partial charge < -0.3 is 5.32 Å². The molecule has 4 rings (SSSR count). The fourth-order valence-corrected chi connectivity index (χ4v) is 3.74. The summed E-state index contributed by atoms with van der Waals surface area (Å²) in [6, 6.07) is 12.0. The molecule has 0 radical (unpaired) electrons. The zero-order valence-electron chi connectivity index (χ0n) is 14.8. The van der Waals surface area contributed by atoms with Gasteiger partial charge in [0.05, 0.1) is 12.1 Å². The lowest BCUT2D eigenvalue weighted by atomic mass is 10.1. The molecule has 0 bridgehead atoms. The van der Waals surface area contributed by atoms with Crippen LogP contribution in [0.25, 0.3) is 5.57 Å². The van der Waals surface area contributed by atoms with E-state index in [1.54, 1.807) is 17.5 Å². The molecule has 2 amide bonds. The van der Waals surface area contributed by atoms with Crippen LogP contribution in [0.5, 0.6) is 0 Å². The Morgan fingerprint density at radius 3 is 2.31 bits per heavy atom. The molecule has 146 valence electrons. The van der Waals surface area contributed by atoms with Crippen LogP contribution in [0.3, 0.4) is 0 Å². The number of nitrogens with one attached hydrogen (secondary N) is 1. The molecule has 1 aliphatic heterocycles. The highest BCUT2D eigenvalue weighted by atomic mass is 32.1. The van der Waals surface area contributed by atoms with Gasteiger partial charge in [0.1, 0.15) is 11.5 Å². The van der Waals surface area contributed by atoms with Crippen molar-refractivity contribution in [2.45, 2.75) is 6.54 Å². The molecule has 29 heavy (non-hydrogen) atoms. The minimum absolute atomic E-state index is 0.0226. The van der Waals surface area contributed by atoms with Crippen LogP contribution in [0.1, 0.15) is 10.4 Å². The summed E-state index contributed by atoms with van der Waals surface area (Å²) in [6.45, 7) is -0.0459. The van der Waals surface area contributed by atoms with Gasteiger partial charge >= 0.3 is 0 Å². The van der Waals surface area contributed by atoms with Crippen LogP contribution in [-0.2, 0) is 16.1 Å². The maximum atomic E-state index is 13.6. The van der Waals surface area contributed by atoms with Crippen LogP contribution in [0.15, 0.2) is 65.7 Å². The van der Waals surface area contributed by atoms with Crippen molar-refractivity contribution >= 4 is 34.4 Å². The highest BCUT2D eigenvalue weighted by Crippen LogP contribution is 2.33. The van der Waals surface area contributed by atoms with Crippen LogP contribution in [0.4, 0.5) is 18.9 Å². The minimum Gasteiger partial charge on any atom is -0.350 e. The predicted molar refractivity (Wildman–Crippen MR) is 103 cm³/mol. The Bertz CT molecular complexity index is 1130. The molecule has 8 heteroatoms. The van der Waals surface area contributed by atoms with Crippen molar-refractivity contribution in [3.05, 3.63) is 93.6 Å². The highest BCUT2D eigenvalue weighted by Gasteiger charge is 2.39. The molecule has 1 N–H and O–H groups in total. The summed E-state index contributed by atoms with van der Waals surface area (Å²) in [4.78, 5) is 27.6. The number of imide groups is 1. The van der Waals surface area contributed by atoms with E-state index in [2.05, 4.69) is 5.32 Å². The number of amides is 2. The smallest absolute Gasteiger partial charge is 0.278 e. The van der Waals surface area contributed by atoms with Crippen LogP contribution in [0.2, 0.25) is 0 Å². The molecule has 0 unspecified atom stereocenters. The number of thiophene rings is 1. The molecule has 2 aromatic carbocycles. The summed E-state index contributed by atoms with van der Waals surface area (Å²) < 4.78 is 39.9. The molecule has 0 saturated carbocycles. The van der Waals surface area contributed by atoms with Gasteiger partial charge in [-0.05, 0) is 41.3 Å². The number of carbonyl (C=O) groups excluding carboxylic acids is 2. The molecule has 3 aromatic rings. The standard InChI is InChI=1S/C21H13F3N2O2S/c22-13-5-3-12(4-6-13)11-26-20(27)18(17-2-1-9-29-17)19(21(26)28)25-14-7-8-15(23)16(24)10-14/h1-10,25H,11H2. The lowest BCUT2D eigenvalue weighted by Gasteiger charge is -2.15. The van der Waals surface area contributed by atoms with Gasteiger partial charge in [-0.25, -0.2) is 13.2 Å². The van der Waals surface area contributed by atoms with Gasteiger partial charge in [0.15, 0.2) is 11.6 Å². The lowest BCUT2D eigenvalue weighted by Crippen LogP contribution is -2.31. The van der Waals surface area contributed by atoms with Gasteiger partial charge in [-0.15, -0.1) is 11.3 Å². The third-order valence-corrected chi connectivity index (χ3v) is 5.27. The van der Waals surface area contributed by atoms with Crippen LogP contribution >= 0.6 is 11.3 Å². The summed E-state index contributed by atoms with van der Waals surface area (Å²) in [5.41, 5.74) is 0.841. The van der Waals surface area contributed by atoms with Crippen molar-refractivity contribution in [1.29, 1.82) is 0 Å². The van der Waals surface area contributed by atoms with Crippen molar-refractivity contribution in [3.63, 3.8) is 0 Å². The van der Waals surface area contributed by atoms with E-state index in [9.17, 15) is 22.8 Å². The van der Waals surface area contributed by atoms with Gasteiger partial charge in [-0.2, -0.15) is 0 Å². The van der Waals surface area contributed by atoms with E-state index in [0.717, 1.165) is 17.0 Å². The highest BCUT2D eigenvalue weighted by molar-refractivity contribution is 7.11. The summed E-state index contributed by atoms with van der Waals surface area (Å²) in [6.07, 6.45) is 0. The lowest BCUT2D eigenvalue weighted by molar-refractivity contribution is -0.137. The molecule has 1 aromatic heterocycles. The first-order chi connectivity index (χ1) is 13.9. The van der Waals surface area contributed by atoms with E-state index in [1.807, 2.05) is 0 Å². The number of rotatable bonds is 5. The minimum atomic E-state index is -1.08. The normalized spacial score (nSPS) is 14.1. The van der Waals surface area contributed by atoms with Gasteiger partial charge in [0, 0.05) is 16.6 Å². The predicted octanol–water partition coefficient (Wildman–Crippen LogP) is 4.56.